The minimum Gasteiger partial charge on any atom is -0.301 e. The highest BCUT2D eigenvalue weighted by molar-refractivity contribution is 7.99. The number of hydrogen-bond donors (Lipinski definition) is 0. The molecular formula is C12H10ClF3N4OS. The number of carbonyl (C=O) groups excluding carboxylic acids is 1. The lowest BCUT2D eigenvalue weighted by Crippen LogP contribution is -2.32. The van der Waals surface area contributed by atoms with Crippen molar-refractivity contribution in [3.05, 3.63) is 35.1 Å². The zero-order valence-corrected chi connectivity index (χ0v) is 12.8. The molecule has 0 saturated carbocycles. The van der Waals surface area contributed by atoms with Gasteiger partial charge in [-0.15, -0.1) is 5.10 Å². The Bertz CT molecular complexity index is 677. The molecule has 2 aromatic rings. The second kappa shape index (κ2) is 6.57. The monoisotopic (exact) mass is 350 g/mol. The first-order valence-corrected chi connectivity index (χ1v) is 7.12. The van der Waals surface area contributed by atoms with Gasteiger partial charge in [0, 0.05) is 13.2 Å². The van der Waals surface area contributed by atoms with E-state index in [-0.39, 0.29) is 21.6 Å². The van der Waals surface area contributed by atoms with Gasteiger partial charge in [-0.25, -0.2) is 4.98 Å². The lowest BCUT2D eigenvalue weighted by atomic mass is 10.3. The van der Waals surface area contributed by atoms with E-state index in [1.165, 1.54) is 28.3 Å². The van der Waals surface area contributed by atoms with Gasteiger partial charge in [-0.2, -0.15) is 18.0 Å². The van der Waals surface area contributed by atoms with Gasteiger partial charge < -0.3 is 4.79 Å². The number of nitrogens with zero attached hydrogens (tertiary/aromatic N) is 4. The van der Waals surface area contributed by atoms with E-state index in [0.29, 0.717) is 18.0 Å². The minimum absolute atomic E-state index is 0.0690. The number of aldehydes is 1. The van der Waals surface area contributed by atoms with Crippen LogP contribution in [-0.4, -0.2) is 34.8 Å². The molecule has 2 rings (SSSR count). The summed E-state index contributed by atoms with van der Waals surface area (Å²) in [5.74, 6) is 0. The van der Waals surface area contributed by atoms with Gasteiger partial charge in [-0.05, 0) is 23.9 Å². The molecule has 0 atom stereocenters. The third kappa shape index (κ3) is 3.72. The maximum absolute atomic E-state index is 12.9. The quantitative estimate of drug-likeness (QED) is 0.776. The van der Waals surface area contributed by atoms with Crippen LogP contribution >= 0.6 is 23.4 Å². The lowest BCUT2D eigenvalue weighted by molar-refractivity contribution is -0.140. The summed E-state index contributed by atoms with van der Waals surface area (Å²) in [6.45, 7) is 0.0690. The number of rotatable bonds is 5. The molecule has 10 heteroatoms. The van der Waals surface area contributed by atoms with Crippen molar-refractivity contribution in [2.24, 2.45) is 0 Å². The van der Waals surface area contributed by atoms with Gasteiger partial charge in [-0.3, -0.25) is 5.01 Å². The van der Waals surface area contributed by atoms with Crippen LogP contribution in [0.15, 0.2) is 34.6 Å². The molecule has 0 aliphatic heterocycles. The van der Waals surface area contributed by atoms with Crippen molar-refractivity contribution < 1.29 is 18.0 Å². The number of aromatic nitrogens is 3. The summed E-state index contributed by atoms with van der Waals surface area (Å²) in [6.07, 6.45) is -1.17. The third-order valence-electron chi connectivity index (χ3n) is 2.58. The van der Waals surface area contributed by atoms with E-state index in [2.05, 4.69) is 10.1 Å². The minimum atomic E-state index is -4.51. The van der Waals surface area contributed by atoms with Crippen LogP contribution in [0.4, 0.5) is 13.2 Å². The standard InChI is InChI=1S/C12H10ClF3N4OS/c1-19(5-6-21)20-7-9(13)11(18-20)22-10-8(12(14,15)16)3-2-4-17-10/h2-4,6-7H,5H2,1H3. The average molecular weight is 351 g/mol. The first kappa shape index (κ1) is 16.6. The SMILES string of the molecule is CN(CC=O)n1cc(Cl)c(Sc2ncccc2C(F)(F)F)n1. The van der Waals surface area contributed by atoms with Gasteiger partial charge >= 0.3 is 6.18 Å². The van der Waals surface area contributed by atoms with Crippen LogP contribution in [0.5, 0.6) is 0 Å². The summed E-state index contributed by atoms with van der Waals surface area (Å²) < 4.78 is 38.8. The molecule has 0 aliphatic carbocycles. The maximum Gasteiger partial charge on any atom is 0.419 e. The van der Waals surface area contributed by atoms with Crippen molar-refractivity contribution in [3.63, 3.8) is 0 Å². The van der Waals surface area contributed by atoms with E-state index in [1.54, 1.807) is 7.05 Å². The van der Waals surface area contributed by atoms with Gasteiger partial charge in [0.05, 0.1) is 23.3 Å². The largest absolute Gasteiger partial charge is 0.419 e. The number of likely N-dealkylation sites (N-methyl/N-ethyl adjacent to an activating group) is 1. The Balaban J connectivity index is 2.31. The fourth-order valence-electron chi connectivity index (χ4n) is 1.54. The molecule has 0 saturated heterocycles. The Morgan fingerprint density at radius 2 is 2.18 bits per heavy atom. The van der Waals surface area contributed by atoms with Crippen LogP contribution in [0, 0.1) is 0 Å². The van der Waals surface area contributed by atoms with Crippen molar-refractivity contribution in [1.82, 2.24) is 14.9 Å². The van der Waals surface area contributed by atoms with Crippen molar-refractivity contribution in [2.45, 2.75) is 16.2 Å². The first-order chi connectivity index (χ1) is 10.3. The average Bonchev–Trinajstić information content (AvgIpc) is 2.80. The molecule has 0 aliphatic rings. The van der Waals surface area contributed by atoms with Gasteiger partial charge in [-0.1, -0.05) is 11.6 Å². The van der Waals surface area contributed by atoms with Crippen LogP contribution in [0.3, 0.4) is 0 Å². The Kier molecular flexibility index (Phi) is 4.97. The van der Waals surface area contributed by atoms with E-state index in [0.717, 1.165) is 6.07 Å². The number of hydrogen-bond acceptors (Lipinski definition) is 5. The van der Waals surface area contributed by atoms with Crippen molar-refractivity contribution in [2.75, 3.05) is 18.6 Å². The van der Waals surface area contributed by atoms with Gasteiger partial charge in [0.2, 0.25) is 0 Å². The molecule has 118 valence electrons. The van der Waals surface area contributed by atoms with Crippen LogP contribution in [-0.2, 0) is 11.0 Å². The molecule has 0 N–H and O–H groups in total. The number of pyridine rings is 1. The molecule has 0 amide bonds. The van der Waals surface area contributed by atoms with E-state index in [4.69, 9.17) is 11.6 Å². The van der Waals surface area contributed by atoms with E-state index in [9.17, 15) is 18.0 Å². The molecule has 0 fully saturated rings. The maximum atomic E-state index is 12.9. The highest BCUT2D eigenvalue weighted by Gasteiger charge is 2.34. The molecule has 22 heavy (non-hydrogen) atoms. The van der Waals surface area contributed by atoms with Crippen molar-refractivity contribution >= 4 is 29.6 Å². The smallest absolute Gasteiger partial charge is 0.301 e. The summed E-state index contributed by atoms with van der Waals surface area (Å²) in [7, 11) is 1.59. The molecule has 0 radical (unpaired) electrons. The second-order valence-corrected chi connectivity index (χ2v) is 5.55. The number of halogens is 4. The predicted octanol–water partition coefficient (Wildman–Crippen LogP) is 2.87. The van der Waals surface area contributed by atoms with Gasteiger partial charge in [0.25, 0.3) is 0 Å². The molecule has 0 bridgehead atoms. The zero-order valence-electron chi connectivity index (χ0n) is 11.2. The first-order valence-electron chi connectivity index (χ1n) is 5.93. The molecule has 0 spiro atoms. The molecule has 0 unspecified atom stereocenters. The number of alkyl halides is 3. The van der Waals surface area contributed by atoms with Crippen LogP contribution in [0.25, 0.3) is 0 Å². The highest BCUT2D eigenvalue weighted by Crippen LogP contribution is 2.39. The molecule has 0 aromatic carbocycles. The van der Waals surface area contributed by atoms with E-state index in [1.807, 2.05) is 0 Å². The zero-order chi connectivity index (χ0) is 16.3. The predicted molar refractivity (Wildman–Crippen MR) is 75.7 cm³/mol. The summed E-state index contributed by atoms with van der Waals surface area (Å²) in [6, 6.07) is 2.16. The fraction of sp³-hybridized carbons (Fsp3) is 0.250. The van der Waals surface area contributed by atoms with Crippen LogP contribution in [0.2, 0.25) is 5.02 Å². The van der Waals surface area contributed by atoms with Crippen LogP contribution in [0.1, 0.15) is 5.56 Å². The Morgan fingerprint density at radius 1 is 1.45 bits per heavy atom. The fourth-order valence-corrected chi connectivity index (χ4v) is 2.65. The second-order valence-electron chi connectivity index (χ2n) is 4.17. The molecule has 2 heterocycles. The molecule has 5 nitrogen and oxygen atoms in total. The summed E-state index contributed by atoms with van der Waals surface area (Å²) in [5, 5.41) is 5.61. The Morgan fingerprint density at radius 3 is 2.82 bits per heavy atom. The lowest BCUT2D eigenvalue weighted by Gasteiger charge is -2.14. The summed E-state index contributed by atoms with van der Waals surface area (Å²) in [4.78, 5) is 15.5. The normalized spacial score (nSPS) is 11.5. The van der Waals surface area contributed by atoms with E-state index < -0.39 is 11.7 Å². The number of carbonyl (C=O) groups is 1. The van der Waals surface area contributed by atoms with Crippen molar-refractivity contribution in [3.8, 4) is 0 Å². The third-order valence-corrected chi connectivity index (χ3v) is 3.99. The Labute approximate surface area is 133 Å². The highest BCUT2D eigenvalue weighted by atomic mass is 35.5. The van der Waals surface area contributed by atoms with Gasteiger partial charge in [0.1, 0.15) is 16.3 Å². The summed E-state index contributed by atoms with van der Waals surface area (Å²) in [5.41, 5.74) is -0.855. The molecular weight excluding hydrogens is 341 g/mol. The van der Waals surface area contributed by atoms with Crippen LogP contribution < -0.4 is 5.01 Å². The van der Waals surface area contributed by atoms with Gasteiger partial charge in [0.15, 0.2) is 0 Å². The Hall–Kier alpha value is -1.74. The van der Waals surface area contributed by atoms with Crippen molar-refractivity contribution in [1.29, 1.82) is 0 Å². The molecule has 2 aromatic heterocycles. The summed E-state index contributed by atoms with van der Waals surface area (Å²) >= 11 is 6.69. The topological polar surface area (TPSA) is 51.0 Å². The van der Waals surface area contributed by atoms with E-state index >= 15 is 0 Å².